The van der Waals surface area contributed by atoms with Crippen molar-refractivity contribution in [2.45, 2.75) is 27.2 Å². The lowest BCUT2D eigenvalue weighted by molar-refractivity contribution is -0.131. The number of amides is 1. The fraction of sp³-hybridized carbons (Fsp3) is 0.556. The minimum Gasteiger partial charge on any atom is -0.357 e. The Balaban J connectivity index is 0.00000625. The zero-order valence-corrected chi connectivity index (χ0v) is 18.2. The van der Waals surface area contributed by atoms with Gasteiger partial charge in [0.05, 0.1) is 6.54 Å². The molecule has 0 radical (unpaired) electrons. The van der Waals surface area contributed by atoms with E-state index in [1.165, 1.54) is 12.1 Å². The molecule has 1 aromatic carbocycles. The number of hydrogen-bond donors (Lipinski definition) is 1. The van der Waals surface area contributed by atoms with Crippen LogP contribution in [0.15, 0.2) is 23.2 Å². The second-order valence-electron chi connectivity index (χ2n) is 5.69. The van der Waals surface area contributed by atoms with Gasteiger partial charge in [-0.2, -0.15) is 0 Å². The average molecular weight is 482 g/mol. The van der Waals surface area contributed by atoms with Gasteiger partial charge in [-0.3, -0.25) is 9.79 Å². The van der Waals surface area contributed by atoms with Crippen LogP contribution in [0.5, 0.6) is 0 Å². The van der Waals surface area contributed by atoms with E-state index in [1.807, 2.05) is 20.8 Å². The molecule has 1 rings (SSSR count). The number of halogens is 3. The van der Waals surface area contributed by atoms with Crippen molar-refractivity contribution >= 4 is 35.8 Å². The smallest absolute Gasteiger partial charge is 0.242 e. The lowest BCUT2D eigenvalue weighted by Gasteiger charge is -2.25. The van der Waals surface area contributed by atoms with Crippen LogP contribution in [0.1, 0.15) is 26.3 Å². The lowest BCUT2D eigenvalue weighted by Crippen LogP contribution is -2.45. The van der Waals surface area contributed by atoms with Gasteiger partial charge in [0.1, 0.15) is 11.6 Å². The predicted molar refractivity (Wildman–Crippen MR) is 112 cm³/mol. The Morgan fingerprint density at radius 2 is 1.69 bits per heavy atom. The number of nitrogens with zero attached hydrogens (tertiary/aromatic N) is 3. The van der Waals surface area contributed by atoms with E-state index >= 15 is 0 Å². The molecular formula is C18H29F2IN4O. The fourth-order valence-corrected chi connectivity index (χ4v) is 2.47. The van der Waals surface area contributed by atoms with Gasteiger partial charge in [0.15, 0.2) is 5.96 Å². The summed E-state index contributed by atoms with van der Waals surface area (Å²) in [5, 5.41) is 3.13. The van der Waals surface area contributed by atoms with E-state index in [4.69, 9.17) is 0 Å². The van der Waals surface area contributed by atoms with Crippen molar-refractivity contribution in [3.05, 3.63) is 35.4 Å². The molecule has 1 N–H and O–H groups in total. The highest BCUT2D eigenvalue weighted by atomic mass is 127. The van der Waals surface area contributed by atoms with Crippen LogP contribution in [0.4, 0.5) is 8.78 Å². The van der Waals surface area contributed by atoms with E-state index < -0.39 is 11.6 Å². The minimum absolute atomic E-state index is 0. The summed E-state index contributed by atoms with van der Waals surface area (Å²) in [5.74, 6) is -0.550. The van der Waals surface area contributed by atoms with Crippen LogP contribution in [0.3, 0.4) is 0 Å². The van der Waals surface area contributed by atoms with Crippen molar-refractivity contribution < 1.29 is 13.6 Å². The van der Waals surface area contributed by atoms with E-state index in [1.54, 1.807) is 16.8 Å². The number of carbonyl (C=O) groups is 1. The summed E-state index contributed by atoms with van der Waals surface area (Å²) >= 11 is 0. The molecular weight excluding hydrogens is 453 g/mol. The van der Waals surface area contributed by atoms with E-state index in [0.29, 0.717) is 44.1 Å². The zero-order chi connectivity index (χ0) is 18.8. The molecule has 0 unspecified atom stereocenters. The Morgan fingerprint density at radius 3 is 2.19 bits per heavy atom. The Hall–Kier alpha value is -1.45. The van der Waals surface area contributed by atoms with Crippen molar-refractivity contribution in [2.75, 3.05) is 39.8 Å². The molecule has 0 atom stereocenters. The molecule has 148 valence electrons. The molecule has 0 aromatic heterocycles. The predicted octanol–water partition coefficient (Wildman–Crippen LogP) is 2.89. The number of likely N-dealkylation sites (N-methyl/N-ethyl adjacent to an activating group) is 2. The maximum atomic E-state index is 13.2. The topological polar surface area (TPSA) is 47.9 Å². The van der Waals surface area contributed by atoms with Crippen molar-refractivity contribution in [3.63, 3.8) is 0 Å². The molecule has 0 spiro atoms. The van der Waals surface area contributed by atoms with Crippen LogP contribution in [-0.4, -0.2) is 61.4 Å². The van der Waals surface area contributed by atoms with Gasteiger partial charge < -0.3 is 15.1 Å². The van der Waals surface area contributed by atoms with Gasteiger partial charge >= 0.3 is 0 Å². The molecule has 0 fully saturated rings. The molecule has 0 aliphatic heterocycles. The Morgan fingerprint density at radius 1 is 1.12 bits per heavy atom. The number of rotatable bonds is 8. The third kappa shape index (κ3) is 8.29. The summed E-state index contributed by atoms with van der Waals surface area (Å²) in [5.41, 5.74) is 0.555. The first kappa shape index (κ1) is 24.6. The van der Waals surface area contributed by atoms with Crippen LogP contribution in [0, 0.1) is 11.6 Å². The molecule has 0 saturated heterocycles. The first-order valence-electron chi connectivity index (χ1n) is 8.63. The average Bonchev–Trinajstić information content (AvgIpc) is 2.54. The first-order valence-corrected chi connectivity index (χ1v) is 8.63. The van der Waals surface area contributed by atoms with Crippen LogP contribution < -0.4 is 5.32 Å². The molecule has 0 aliphatic carbocycles. The van der Waals surface area contributed by atoms with E-state index in [9.17, 15) is 13.6 Å². The second kappa shape index (κ2) is 12.8. The fourth-order valence-electron chi connectivity index (χ4n) is 2.47. The highest BCUT2D eigenvalue weighted by molar-refractivity contribution is 14.0. The second-order valence-corrected chi connectivity index (χ2v) is 5.69. The maximum absolute atomic E-state index is 13.2. The summed E-state index contributed by atoms with van der Waals surface area (Å²) < 4.78 is 26.4. The van der Waals surface area contributed by atoms with Crippen LogP contribution >= 0.6 is 24.0 Å². The molecule has 0 heterocycles. The number of guanidine groups is 1. The van der Waals surface area contributed by atoms with Crippen molar-refractivity contribution in [1.82, 2.24) is 15.1 Å². The van der Waals surface area contributed by atoms with E-state index in [2.05, 4.69) is 10.3 Å². The molecule has 1 amide bonds. The third-order valence-electron chi connectivity index (χ3n) is 3.77. The molecule has 1 aromatic rings. The van der Waals surface area contributed by atoms with Crippen molar-refractivity contribution in [3.8, 4) is 0 Å². The third-order valence-corrected chi connectivity index (χ3v) is 3.77. The maximum Gasteiger partial charge on any atom is 0.242 e. The molecule has 8 heteroatoms. The summed E-state index contributed by atoms with van der Waals surface area (Å²) in [7, 11) is 1.80. The molecule has 0 bridgehead atoms. The normalized spacial score (nSPS) is 10.9. The Bertz CT molecular complexity index is 574. The van der Waals surface area contributed by atoms with Crippen molar-refractivity contribution in [2.24, 2.45) is 4.99 Å². The minimum atomic E-state index is -0.590. The van der Waals surface area contributed by atoms with Gasteiger partial charge in [0.25, 0.3) is 0 Å². The number of hydrogen-bond acceptors (Lipinski definition) is 2. The first-order chi connectivity index (χ1) is 11.9. The highest BCUT2D eigenvalue weighted by Crippen LogP contribution is 2.08. The van der Waals surface area contributed by atoms with Gasteiger partial charge in [0.2, 0.25) is 5.91 Å². The van der Waals surface area contributed by atoms with Gasteiger partial charge in [-0.15, -0.1) is 24.0 Å². The summed E-state index contributed by atoms with van der Waals surface area (Å²) in [6.07, 6.45) is 0.418. The molecule has 0 aliphatic rings. The van der Waals surface area contributed by atoms with Crippen LogP contribution in [0.25, 0.3) is 0 Å². The van der Waals surface area contributed by atoms with Crippen LogP contribution in [-0.2, 0) is 11.2 Å². The summed E-state index contributed by atoms with van der Waals surface area (Å²) in [6, 6.07) is 3.46. The standard InChI is InChI=1S/C18H28F2N4O.HI/c1-5-21-18(23(4)13-17(25)24(6-2)7-3)22-9-8-14-10-15(19)12-16(20)11-14;/h10-12H,5-9,13H2,1-4H3,(H,21,22);1H. The zero-order valence-electron chi connectivity index (χ0n) is 15.9. The number of benzene rings is 1. The lowest BCUT2D eigenvalue weighted by atomic mass is 10.1. The van der Waals surface area contributed by atoms with E-state index in [-0.39, 0.29) is 36.4 Å². The molecule has 26 heavy (non-hydrogen) atoms. The monoisotopic (exact) mass is 482 g/mol. The summed E-state index contributed by atoms with van der Waals surface area (Å²) in [4.78, 5) is 20.2. The highest BCUT2D eigenvalue weighted by Gasteiger charge is 2.14. The quantitative estimate of drug-likeness (QED) is 0.352. The number of carbonyl (C=O) groups excluding carboxylic acids is 1. The van der Waals surface area contributed by atoms with Crippen LogP contribution in [0.2, 0.25) is 0 Å². The summed E-state index contributed by atoms with van der Waals surface area (Å²) in [6.45, 7) is 8.42. The molecule has 0 saturated carbocycles. The Kier molecular flexibility index (Phi) is 12.1. The largest absolute Gasteiger partial charge is 0.357 e. The van der Waals surface area contributed by atoms with Gasteiger partial charge in [-0.1, -0.05) is 0 Å². The SMILES string of the molecule is CCNC(=NCCc1cc(F)cc(F)c1)N(C)CC(=O)N(CC)CC.I. The molecule has 5 nitrogen and oxygen atoms in total. The van der Waals surface area contributed by atoms with Gasteiger partial charge in [0, 0.05) is 39.3 Å². The Labute approximate surface area is 171 Å². The van der Waals surface area contributed by atoms with Crippen molar-refractivity contribution in [1.29, 1.82) is 0 Å². The number of aliphatic imine (C=N–C) groups is 1. The number of nitrogens with one attached hydrogen (secondary N) is 1. The van der Waals surface area contributed by atoms with Gasteiger partial charge in [-0.25, -0.2) is 8.78 Å². The van der Waals surface area contributed by atoms with Gasteiger partial charge in [-0.05, 0) is 44.9 Å². The van der Waals surface area contributed by atoms with E-state index in [0.717, 1.165) is 6.07 Å².